The first kappa shape index (κ1) is 17.1. The van der Waals surface area contributed by atoms with Gasteiger partial charge in [-0.2, -0.15) is 11.8 Å². The number of carbonyl (C=O) groups is 1. The number of nitrogens with one attached hydrogen (secondary N) is 1. The standard InChI is InChI=1S/C19H20N2OS3/c22-19(13-25-18-12-20-15-5-2-1-4-14(15)18)21-8-7-17(24-11-9-21)16-6-3-10-23-16/h1-6,10,12,17,20H,7-9,11,13H2/t17-/m1/s1. The number of benzene rings is 1. The summed E-state index contributed by atoms with van der Waals surface area (Å²) in [5.74, 6) is 1.78. The van der Waals surface area contributed by atoms with Crippen LogP contribution < -0.4 is 0 Å². The van der Waals surface area contributed by atoms with Gasteiger partial charge in [0.15, 0.2) is 0 Å². The lowest BCUT2D eigenvalue weighted by atomic mass is 10.2. The monoisotopic (exact) mass is 388 g/mol. The highest BCUT2D eigenvalue weighted by molar-refractivity contribution is 8.00. The molecule has 6 heteroatoms. The average molecular weight is 389 g/mol. The molecule has 1 aliphatic rings. The number of hydrogen-bond donors (Lipinski definition) is 1. The van der Waals surface area contributed by atoms with Crippen molar-refractivity contribution in [3.63, 3.8) is 0 Å². The van der Waals surface area contributed by atoms with Gasteiger partial charge in [-0.25, -0.2) is 0 Å². The highest BCUT2D eigenvalue weighted by Crippen LogP contribution is 2.37. The number of amides is 1. The van der Waals surface area contributed by atoms with Gasteiger partial charge in [0, 0.05) is 51.0 Å². The Kier molecular flexibility index (Phi) is 5.39. The molecule has 1 atom stereocenters. The van der Waals surface area contributed by atoms with Gasteiger partial charge >= 0.3 is 0 Å². The molecule has 3 nitrogen and oxygen atoms in total. The summed E-state index contributed by atoms with van der Waals surface area (Å²) >= 11 is 5.45. The number of rotatable bonds is 4. The van der Waals surface area contributed by atoms with E-state index in [1.165, 1.54) is 10.3 Å². The number of thiophene rings is 1. The Morgan fingerprint density at radius 3 is 3.04 bits per heavy atom. The molecule has 130 valence electrons. The maximum absolute atomic E-state index is 12.7. The zero-order valence-corrected chi connectivity index (χ0v) is 16.3. The molecule has 0 spiro atoms. The Labute approximate surface area is 160 Å². The van der Waals surface area contributed by atoms with Crippen molar-refractivity contribution in [2.75, 3.05) is 24.6 Å². The van der Waals surface area contributed by atoms with Gasteiger partial charge in [0.05, 0.1) is 5.75 Å². The Hall–Kier alpha value is -1.37. The van der Waals surface area contributed by atoms with Crippen LogP contribution in [0.25, 0.3) is 10.9 Å². The fourth-order valence-corrected chi connectivity index (χ4v) is 6.29. The number of aromatic nitrogens is 1. The summed E-state index contributed by atoms with van der Waals surface area (Å²) in [7, 11) is 0. The molecule has 1 amide bonds. The largest absolute Gasteiger partial charge is 0.360 e. The zero-order chi connectivity index (χ0) is 17.1. The molecule has 1 saturated heterocycles. The van der Waals surface area contributed by atoms with Crippen LogP contribution >= 0.6 is 34.9 Å². The van der Waals surface area contributed by atoms with Gasteiger partial charge in [-0.05, 0) is 23.9 Å². The topological polar surface area (TPSA) is 36.1 Å². The summed E-state index contributed by atoms with van der Waals surface area (Å²) in [6, 6.07) is 12.6. The third-order valence-electron chi connectivity index (χ3n) is 4.46. The first-order valence-corrected chi connectivity index (χ1v) is 11.3. The Balaban J connectivity index is 1.35. The van der Waals surface area contributed by atoms with Crippen LogP contribution in [0.3, 0.4) is 0 Å². The van der Waals surface area contributed by atoms with E-state index in [1.807, 2.05) is 46.3 Å². The van der Waals surface area contributed by atoms with E-state index in [1.54, 1.807) is 11.8 Å². The molecule has 0 aliphatic carbocycles. The normalized spacial score (nSPS) is 18.4. The van der Waals surface area contributed by atoms with Crippen LogP contribution in [0, 0.1) is 0 Å². The molecule has 0 unspecified atom stereocenters. The van der Waals surface area contributed by atoms with Gasteiger partial charge < -0.3 is 9.88 Å². The molecule has 0 bridgehead atoms. The molecule has 1 aliphatic heterocycles. The van der Waals surface area contributed by atoms with Crippen molar-refractivity contribution >= 4 is 51.7 Å². The predicted molar refractivity (Wildman–Crippen MR) is 110 cm³/mol. The second kappa shape index (κ2) is 7.89. The summed E-state index contributed by atoms with van der Waals surface area (Å²) in [6.07, 6.45) is 3.06. The first-order valence-electron chi connectivity index (χ1n) is 8.43. The molecule has 3 aromatic rings. The number of aromatic amines is 1. The van der Waals surface area contributed by atoms with Crippen LogP contribution in [0.5, 0.6) is 0 Å². The number of nitrogens with zero attached hydrogens (tertiary/aromatic N) is 1. The van der Waals surface area contributed by atoms with E-state index < -0.39 is 0 Å². The molecular weight excluding hydrogens is 368 g/mol. The molecule has 3 heterocycles. The van der Waals surface area contributed by atoms with E-state index in [0.29, 0.717) is 11.0 Å². The summed E-state index contributed by atoms with van der Waals surface area (Å²) < 4.78 is 0. The van der Waals surface area contributed by atoms with Crippen molar-refractivity contribution in [3.05, 3.63) is 52.9 Å². The lowest BCUT2D eigenvalue weighted by molar-refractivity contribution is -0.128. The average Bonchev–Trinajstić information content (AvgIpc) is 3.25. The number of hydrogen-bond acceptors (Lipinski definition) is 4. The van der Waals surface area contributed by atoms with Crippen LogP contribution in [0.1, 0.15) is 16.5 Å². The highest BCUT2D eigenvalue weighted by Gasteiger charge is 2.22. The van der Waals surface area contributed by atoms with Crippen molar-refractivity contribution < 1.29 is 4.79 Å². The molecule has 1 fully saturated rings. The molecule has 0 radical (unpaired) electrons. The van der Waals surface area contributed by atoms with Gasteiger partial charge in [-0.3, -0.25) is 4.79 Å². The SMILES string of the molecule is O=C(CSc1c[nH]c2ccccc12)N1CCS[C@@H](c2cccs2)CC1. The minimum atomic E-state index is 0.253. The van der Waals surface area contributed by atoms with E-state index in [9.17, 15) is 4.79 Å². The molecule has 4 rings (SSSR count). The number of thioether (sulfide) groups is 2. The minimum Gasteiger partial charge on any atom is -0.360 e. The summed E-state index contributed by atoms with van der Waals surface area (Å²) in [6.45, 7) is 1.72. The molecule has 25 heavy (non-hydrogen) atoms. The summed E-state index contributed by atoms with van der Waals surface area (Å²) in [5, 5.41) is 3.88. The van der Waals surface area contributed by atoms with Gasteiger partial charge in [0.2, 0.25) is 5.91 Å². The lowest BCUT2D eigenvalue weighted by Crippen LogP contribution is -2.34. The summed E-state index contributed by atoms with van der Waals surface area (Å²) in [5.41, 5.74) is 1.13. The molecule has 1 N–H and O–H groups in total. The van der Waals surface area contributed by atoms with Crippen molar-refractivity contribution in [1.82, 2.24) is 9.88 Å². The maximum Gasteiger partial charge on any atom is 0.232 e. The fraction of sp³-hybridized carbons (Fsp3) is 0.316. The number of carbonyl (C=O) groups excluding carboxylic acids is 1. The van der Waals surface area contributed by atoms with Gasteiger partial charge in [0.25, 0.3) is 0 Å². The minimum absolute atomic E-state index is 0.253. The first-order chi connectivity index (χ1) is 12.3. The van der Waals surface area contributed by atoms with Gasteiger partial charge in [-0.1, -0.05) is 24.3 Å². The number of H-pyrrole nitrogens is 1. The summed E-state index contributed by atoms with van der Waals surface area (Å²) in [4.78, 5) is 20.6. The van der Waals surface area contributed by atoms with Crippen LogP contribution in [-0.2, 0) is 4.79 Å². The third kappa shape index (κ3) is 3.91. The van der Waals surface area contributed by atoms with E-state index in [2.05, 4.69) is 34.6 Å². The molecule has 2 aromatic heterocycles. The second-order valence-electron chi connectivity index (χ2n) is 6.03. The van der Waals surface area contributed by atoms with E-state index >= 15 is 0 Å². The number of para-hydroxylation sites is 1. The van der Waals surface area contributed by atoms with Gasteiger partial charge in [0.1, 0.15) is 0 Å². The van der Waals surface area contributed by atoms with Crippen LogP contribution in [-0.4, -0.2) is 40.4 Å². The van der Waals surface area contributed by atoms with Crippen molar-refractivity contribution in [1.29, 1.82) is 0 Å². The Bertz CT molecular complexity index is 843. The van der Waals surface area contributed by atoms with E-state index in [-0.39, 0.29) is 5.91 Å². The van der Waals surface area contributed by atoms with Crippen LogP contribution in [0.4, 0.5) is 0 Å². The molecule has 0 saturated carbocycles. The van der Waals surface area contributed by atoms with Crippen LogP contribution in [0.15, 0.2) is 52.9 Å². The molecular formula is C19H20N2OS3. The Morgan fingerprint density at radius 2 is 2.16 bits per heavy atom. The fourth-order valence-electron chi connectivity index (χ4n) is 3.12. The van der Waals surface area contributed by atoms with Gasteiger partial charge in [-0.15, -0.1) is 23.1 Å². The predicted octanol–water partition coefficient (Wildman–Crippen LogP) is 5.03. The third-order valence-corrected chi connectivity index (χ3v) is 7.94. The van der Waals surface area contributed by atoms with Crippen molar-refractivity contribution in [3.8, 4) is 0 Å². The second-order valence-corrected chi connectivity index (χ2v) is 9.34. The number of fused-ring (bicyclic) bond motifs is 1. The van der Waals surface area contributed by atoms with E-state index in [4.69, 9.17) is 0 Å². The van der Waals surface area contributed by atoms with Crippen LogP contribution in [0.2, 0.25) is 0 Å². The van der Waals surface area contributed by atoms with E-state index in [0.717, 1.165) is 35.7 Å². The van der Waals surface area contributed by atoms with Crippen molar-refractivity contribution in [2.24, 2.45) is 0 Å². The quantitative estimate of drug-likeness (QED) is 0.637. The Morgan fingerprint density at radius 1 is 1.24 bits per heavy atom. The maximum atomic E-state index is 12.7. The molecule has 1 aromatic carbocycles. The highest BCUT2D eigenvalue weighted by atomic mass is 32.2. The zero-order valence-electron chi connectivity index (χ0n) is 13.8. The smallest absolute Gasteiger partial charge is 0.232 e. The lowest BCUT2D eigenvalue weighted by Gasteiger charge is -2.20. The van der Waals surface area contributed by atoms with Crippen molar-refractivity contribution in [2.45, 2.75) is 16.6 Å².